The topological polar surface area (TPSA) is 62.2 Å². The summed E-state index contributed by atoms with van der Waals surface area (Å²) < 4.78 is 0. The number of hydrogen-bond acceptors (Lipinski definition) is 3. The number of aryl methyl sites for hydroxylation is 1. The number of benzene rings is 1. The van der Waals surface area contributed by atoms with Crippen LogP contribution >= 0.6 is 0 Å². The Kier molecular flexibility index (Phi) is 4.58. The molecule has 0 radical (unpaired) electrons. The Labute approximate surface area is 125 Å². The number of rotatable bonds is 6. The van der Waals surface area contributed by atoms with Crippen molar-refractivity contribution in [2.75, 3.05) is 0 Å². The third kappa shape index (κ3) is 3.58. The molecule has 2 aromatic rings. The molecule has 0 amide bonds. The first-order chi connectivity index (χ1) is 9.94. The zero-order valence-electron chi connectivity index (χ0n) is 12.8. The molecule has 2 N–H and O–H groups in total. The van der Waals surface area contributed by atoms with Gasteiger partial charge in [-0.25, -0.2) is 0 Å². The summed E-state index contributed by atoms with van der Waals surface area (Å²) in [5, 5.41) is 13.6. The second-order valence-electron chi connectivity index (χ2n) is 5.72. The molecule has 0 aliphatic rings. The van der Waals surface area contributed by atoms with Crippen LogP contribution in [0.1, 0.15) is 37.9 Å². The molecule has 1 aromatic heterocycles. The minimum absolute atomic E-state index is 0.534. The van der Waals surface area contributed by atoms with Crippen LogP contribution in [0.15, 0.2) is 30.3 Å². The number of nitrogens with zero attached hydrogens (tertiary/aromatic N) is 1. The van der Waals surface area contributed by atoms with Crippen LogP contribution in [0.3, 0.4) is 0 Å². The van der Waals surface area contributed by atoms with Crippen LogP contribution in [0.25, 0.3) is 10.9 Å². The molecule has 1 aromatic carbocycles. The zero-order valence-corrected chi connectivity index (χ0v) is 12.8. The molecule has 0 spiro atoms. The number of pyridine rings is 1. The summed E-state index contributed by atoms with van der Waals surface area (Å²) in [5.41, 5.74) is 2.15. The number of fused-ring (bicyclic) bond motifs is 1. The fraction of sp³-hybridized carbons (Fsp3) is 0.412. The summed E-state index contributed by atoms with van der Waals surface area (Å²) in [6.45, 7) is 6.24. The maximum Gasteiger partial charge on any atom is 0.323 e. The average Bonchev–Trinajstić information content (AvgIpc) is 2.45. The fourth-order valence-corrected chi connectivity index (χ4v) is 2.45. The minimum Gasteiger partial charge on any atom is -0.480 e. The van der Waals surface area contributed by atoms with Gasteiger partial charge in [-0.3, -0.25) is 15.1 Å². The molecule has 112 valence electrons. The van der Waals surface area contributed by atoms with Crippen molar-refractivity contribution in [2.24, 2.45) is 0 Å². The van der Waals surface area contributed by atoms with Gasteiger partial charge < -0.3 is 5.11 Å². The average molecular weight is 286 g/mol. The summed E-state index contributed by atoms with van der Waals surface area (Å²) in [6, 6.07) is 10.1. The van der Waals surface area contributed by atoms with E-state index in [-0.39, 0.29) is 0 Å². The molecule has 0 saturated carbocycles. The monoisotopic (exact) mass is 286 g/mol. The lowest BCUT2D eigenvalue weighted by atomic mass is 9.96. The minimum atomic E-state index is -0.880. The fourth-order valence-electron chi connectivity index (χ4n) is 2.45. The van der Waals surface area contributed by atoms with E-state index in [0.717, 1.165) is 28.6 Å². The van der Waals surface area contributed by atoms with Crippen LogP contribution in [-0.2, 0) is 11.3 Å². The van der Waals surface area contributed by atoms with Crippen LogP contribution in [0.2, 0.25) is 0 Å². The summed E-state index contributed by atoms with van der Waals surface area (Å²) >= 11 is 0. The highest BCUT2D eigenvalue weighted by atomic mass is 16.4. The molecule has 1 atom stereocenters. The van der Waals surface area contributed by atoms with Crippen molar-refractivity contribution in [3.8, 4) is 0 Å². The highest BCUT2D eigenvalue weighted by Gasteiger charge is 2.31. The van der Waals surface area contributed by atoms with Crippen molar-refractivity contribution in [1.29, 1.82) is 0 Å². The summed E-state index contributed by atoms with van der Waals surface area (Å²) in [6.07, 6.45) is 1.44. The van der Waals surface area contributed by atoms with Crippen LogP contribution in [0.5, 0.6) is 0 Å². The molecular weight excluding hydrogens is 264 g/mol. The van der Waals surface area contributed by atoms with Gasteiger partial charge in [-0.1, -0.05) is 25.5 Å². The third-order valence-corrected chi connectivity index (χ3v) is 3.80. The van der Waals surface area contributed by atoms with Crippen molar-refractivity contribution >= 4 is 16.9 Å². The highest BCUT2D eigenvalue weighted by Crippen LogP contribution is 2.17. The van der Waals surface area contributed by atoms with E-state index in [1.54, 1.807) is 6.92 Å². The first-order valence-electron chi connectivity index (χ1n) is 7.29. The quantitative estimate of drug-likeness (QED) is 0.855. The van der Waals surface area contributed by atoms with Gasteiger partial charge in [-0.05, 0) is 44.0 Å². The molecule has 0 bridgehead atoms. The van der Waals surface area contributed by atoms with E-state index in [2.05, 4.69) is 16.4 Å². The number of carboxylic acids is 1. The Morgan fingerprint density at radius 3 is 2.76 bits per heavy atom. The van der Waals surface area contributed by atoms with Crippen molar-refractivity contribution in [2.45, 2.75) is 45.7 Å². The Hall–Kier alpha value is -1.94. The standard InChI is InChI=1S/C17H22N2O2/c1-4-9-17(3,16(20)21)18-11-13-6-8-15-14(10-13)7-5-12(2)19-15/h5-8,10,18H,4,9,11H2,1-3H3,(H,20,21). The van der Waals surface area contributed by atoms with Crippen LogP contribution in [-0.4, -0.2) is 21.6 Å². The van der Waals surface area contributed by atoms with E-state index in [0.29, 0.717) is 13.0 Å². The SMILES string of the molecule is CCCC(C)(NCc1ccc2nc(C)ccc2c1)C(=O)O. The lowest BCUT2D eigenvalue weighted by Crippen LogP contribution is -2.48. The molecule has 4 heteroatoms. The molecule has 4 nitrogen and oxygen atoms in total. The predicted octanol–water partition coefficient (Wildman–Crippen LogP) is 3.28. The van der Waals surface area contributed by atoms with Gasteiger partial charge in [0.25, 0.3) is 0 Å². The van der Waals surface area contributed by atoms with Gasteiger partial charge in [-0.2, -0.15) is 0 Å². The molecule has 2 rings (SSSR count). The molecule has 21 heavy (non-hydrogen) atoms. The van der Waals surface area contributed by atoms with Gasteiger partial charge in [0.1, 0.15) is 5.54 Å². The van der Waals surface area contributed by atoms with Crippen LogP contribution in [0.4, 0.5) is 0 Å². The van der Waals surface area contributed by atoms with Gasteiger partial charge in [0.2, 0.25) is 0 Å². The lowest BCUT2D eigenvalue weighted by Gasteiger charge is -2.26. The smallest absolute Gasteiger partial charge is 0.323 e. The summed E-state index contributed by atoms with van der Waals surface area (Å²) in [5.74, 6) is -0.803. The molecule has 1 heterocycles. The largest absolute Gasteiger partial charge is 0.480 e. The summed E-state index contributed by atoms with van der Waals surface area (Å²) in [4.78, 5) is 15.9. The third-order valence-electron chi connectivity index (χ3n) is 3.80. The van der Waals surface area contributed by atoms with Crippen LogP contribution in [0, 0.1) is 6.92 Å². The Balaban J connectivity index is 2.16. The van der Waals surface area contributed by atoms with Crippen molar-refractivity contribution in [3.05, 3.63) is 41.6 Å². The van der Waals surface area contributed by atoms with E-state index in [1.165, 1.54) is 0 Å². The summed E-state index contributed by atoms with van der Waals surface area (Å²) in [7, 11) is 0. The Morgan fingerprint density at radius 1 is 1.33 bits per heavy atom. The highest BCUT2D eigenvalue weighted by molar-refractivity contribution is 5.80. The number of aromatic nitrogens is 1. The van der Waals surface area contributed by atoms with Gasteiger partial charge in [0.15, 0.2) is 0 Å². The number of hydrogen-bond donors (Lipinski definition) is 2. The maximum atomic E-state index is 11.4. The first kappa shape index (κ1) is 15.4. The molecule has 0 aliphatic heterocycles. The van der Waals surface area contributed by atoms with Gasteiger partial charge in [0, 0.05) is 17.6 Å². The van der Waals surface area contributed by atoms with Gasteiger partial charge in [0.05, 0.1) is 5.52 Å². The second-order valence-corrected chi connectivity index (χ2v) is 5.72. The van der Waals surface area contributed by atoms with Crippen LogP contribution < -0.4 is 5.32 Å². The lowest BCUT2D eigenvalue weighted by molar-refractivity contribution is -0.144. The molecule has 0 fully saturated rings. The number of carboxylic acid groups (broad SMARTS) is 1. The second kappa shape index (κ2) is 6.22. The molecule has 0 saturated heterocycles. The number of aliphatic carboxylic acids is 1. The van der Waals surface area contributed by atoms with E-state index >= 15 is 0 Å². The number of carbonyl (C=O) groups is 1. The van der Waals surface area contributed by atoms with Crippen molar-refractivity contribution in [3.63, 3.8) is 0 Å². The van der Waals surface area contributed by atoms with E-state index in [1.807, 2.05) is 38.1 Å². The predicted molar refractivity (Wildman–Crippen MR) is 84.3 cm³/mol. The Bertz CT molecular complexity index is 654. The van der Waals surface area contributed by atoms with E-state index in [9.17, 15) is 9.90 Å². The molecular formula is C17H22N2O2. The van der Waals surface area contributed by atoms with E-state index < -0.39 is 11.5 Å². The van der Waals surface area contributed by atoms with Crippen molar-refractivity contribution in [1.82, 2.24) is 10.3 Å². The van der Waals surface area contributed by atoms with Gasteiger partial charge in [-0.15, -0.1) is 0 Å². The maximum absolute atomic E-state index is 11.4. The molecule has 0 aliphatic carbocycles. The number of nitrogens with one attached hydrogen (secondary N) is 1. The van der Waals surface area contributed by atoms with Gasteiger partial charge >= 0.3 is 5.97 Å². The Morgan fingerprint density at radius 2 is 2.10 bits per heavy atom. The zero-order chi connectivity index (χ0) is 15.5. The normalized spacial score (nSPS) is 14.0. The van der Waals surface area contributed by atoms with Crippen molar-refractivity contribution < 1.29 is 9.90 Å². The molecule has 1 unspecified atom stereocenters. The first-order valence-corrected chi connectivity index (χ1v) is 7.29. The van der Waals surface area contributed by atoms with E-state index in [4.69, 9.17) is 0 Å².